The van der Waals surface area contributed by atoms with Crippen molar-refractivity contribution in [1.82, 2.24) is 20.1 Å². The number of nitrogens with one attached hydrogen (secondary N) is 1. The van der Waals surface area contributed by atoms with Gasteiger partial charge in [0.2, 0.25) is 0 Å². The maximum atomic E-state index is 4.26. The minimum absolute atomic E-state index is 0.620. The molecule has 0 amide bonds. The van der Waals surface area contributed by atoms with E-state index in [9.17, 15) is 0 Å². The lowest BCUT2D eigenvalue weighted by Crippen LogP contribution is -2.25. The minimum Gasteiger partial charge on any atom is -0.314 e. The fourth-order valence-corrected chi connectivity index (χ4v) is 1.86. The van der Waals surface area contributed by atoms with E-state index in [1.165, 1.54) is 12.8 Å². The average molecular weight is 180 g/mol. The van der Waals surface area contributed by atoms with Crippen molar-refractivity contribution in [1.29, 1.82) is 0 Å². The SMILES string of the molecule is CCn1ncnc1CC1CCCN1. The Morgan fingerprint density at radius 1 is 1.69 bits per heavy atom. The average Bonchev–Trinajstić information content (AvgIpc) is 2.76. The lowest BCUT2D eigenvalue weighted by atomic mass is 10.1. The molecule has 0 aromatic carbocycles. The Kier molecular flexibility index (Phi) is 2.59. The van der Waals surface area contributed by atoms with E-state index in [1.807, 2.05) is 4.68 Å². The molecule has 4 nitrogen and oxygen atoms in total. The van der Waals surface area contributed by atoms with Crippen LogP contribution < -0.4 is 5.32 Å². The Hall–Kier alpha value is -0.900. The Morgan fingerprint density at radius 2 is 2.62 bits per heavy atom. The first-order valence-corrected chi connectivity index (χ1v) is 5.00. The molecular weight excluding hydrogens is 164 g/mol. The fraction of sp³-hybridized carbons (Fsp3) is 0.778. The molecule has 1 aromatic heterocycles. The molecule has 1 N–H and O–H groups in total. The zero-order valence-electron chi connectivity index (χ0n) is 8.03. The summed E-state index contributed by atoms with van der Waals surface area (Å²) in [6.45, 7) is 4.17. The van der Waals surface area contributed by atoms with Gasteiger partial charge in [-0.2, -0.15) is 5.10 Å². The first kappa shape index (κ1) is 8.69. The van der Waals surface area contributed by atoms with E-state index in [0.717, 1.165) is 25.3 Å². The van der Waals surface area contributed by atoms with Gasteiger partial charge in [-0.3, -0.25) is 4.68 Å². The zero-order valence-corrected chi connectivity index (χ0v) is 8.03. The second-order valence-corrected chi connectivity index (χ2v) is 3.49. The molecule has 1 saturated heterocycles. The fourth-order valence-electron chi connectivity index (χ4n) is 1.86. The van der Waals surface area contributed by atoms with Crippen LogP contribution in [0, 0.1) is 0 Å². The lowest BCUT2D eigenvalue weighted by Gasteiger charge is -2.09. The molecule has 72 valence electrons. The molecule has 1 atom stereocenters. The molecule has 1 aliphatic rings. The molecule has 0 saturated carbocycles. The van der Waals surface area contributed by atoms with Crippen molar-refractivity contribution in [2.24, 2.45) is 0 Å². The number of aryl methyl sites for hydroxylation is 1. The second-order valence-electron chi connectivity index (χ2n) is 3.49. The van der Waals surface area contributed by atoms with Crippen LogP contribution in [0.3, 0.4) is 0 Å². The van der Waals surface area contributed by atoms with Crippen molar-refractivity contribution >= 4 is 0 Å². The van der Waals surface area contributed by atoms with Gasteiger partial charge in [-0.1, -0.05) is 0 Å². The molecule has 0 radical (unpaired) electrons. The van der Waals surface area contributed by atoms with Crippen LogP contribution in [0.15, 0.2) is 6.33 Å². The highest BCUT2D eigenvalue weighted by atomic mass is 15.3. The lowest BCUT2D eigenvalue weighted by molar-refractivity contribution is 0.540. The predicted octanol–water partition coefficient (Wildman–Crippen LogP) is 0.592. The van der Waals surface area contributed by atoms with E-state index in [4.69, 9.17) is 0 Å². The van der Waals surface area contributed by atoms with Crippen LogP contribution in [-0.2, 0) is 13.0 Å². The summed E-state index contributed by atoms with van der Waals surface area (Å²) in [5.41, 5.74) is 0. The van der Waals surface area contributed by atoms with Crippen molar-refractivity contribution in [2.75, 3.05) is 6.54 Å². The van der Waals surface area contributed by atoms with Crippen molar-refractivity contribution in [3.8, 4) is 0 Å². The van der Waals surface area contributed by atoms with Crippen LogP contribution in [0.25, 0.3) is 0 Å². The highest BCUT2D eigenvalue weighted by Gasteiger charge is 2.16. The van der Waals surface area contributed by atoms with Crippen LogP contribution in [0.4, 0.5) is 0 Å². The van der Waals surface area contributed by atoms with Crippen molar-refractivity contribution in [3.05, 3.63) is 12.2 Å². The molecule has 0 aliphatic carbocycles. The third kappa shape index (κ3) is 1.88. The van der Waals surface area contributed by atoms with Crippen LogP contribution in [-0.4, -0.2) is 27.4 Å². The second kappa shape index (κ2) is 3.87. The number of hydrogen-bond donors (Lipinski definition) is 1. The van der Waals surface area contributed by atoms with Gasteiger partial charge in [0.05, 0.1) is 0 Å². The molecule has 13 heavy (non-hydrogen) atoms. The van der Waals surface area contributed by atoms with E-state index >= 15 is 0 Å². The summed E-state index contributed by atoms with van der Waals surface area (Å²) in [7, 11) is 0. The van der Waals surface area contributed by atoms with Gasteiger partial charge >= 0.3 is 0 Å². The van der Waals surface area contributed by atoms with Crippen molar-refractivity contribution < 1.29 is 0 Å². The van der Waals surface area contributed by atoms with Crippen molar-refractivity contribution in [3.63, 3.8) is 0 Å². The van der Waals surface area contributed by atoms with E-state index < -0.39 is 0 Å². The van der Waals surface area contributed by atoms with Gasteiger partial charge in [-0.25, -0.2) is 4.98 Å². The van der Waals surface area contributed by atoms with Gasteiger partial charge in [0.15, 0.2) is 0 Å². The van der Waals surface area contributed by atoms with E-state index in [-0.39, 0.29) is 0 Å². The third-order valence-electron chi connectivity index (χ3n) is 2.59. The Bertz CT molecular complexity index is 262. The first-order valence-electron chi connectivity index (χ1n) is 5.00. The molecule has 1 aromatic rings. The normalized spacial score (nSPS) is 22.4. The molecule has 1 unspecified atom stereocenters. The van der Waals surface area contributed by atoms with Gasteiger partial charge in [0.25, 0.3) is 0 Å². The number of rotatable bonds is 3. The van der Waals surface area contributed by atoms with E-state index in [1.54, 1.807) is 6.33 Å². The number of aromatic nitrogens is 3. The molecule has 2 rings (SSSR count). The molecule has 0 spiro atoms. The smallest absolute Gasteiger partial charge is 0.138 e. The summed E-state index contributed by atoms with van der Waals surface area (Å²) in [5, 5.41) is 7.62. The maximum Gasteiger partial charge on any atom is 0.138 e. The highest BCUT2D eigenvalue weighted by molar-refractivity contribution is 4.91. The Morgan fingerprint density at radius 3 is 3.31 bits per heavy atom. The summed E-state index contributed by atoms with van der Waals surface area (Å²) < 4.78 is 1.97. The van der Waals surface area contributed by atoms with Gasteiger partial charge in [-0.15, -0.1) is 0 Å². The van der Waals surface area contributed by atoms with Gasteiger partial charge in [0.1, 0.15) is 12.2 Å². The van der Waals surface area contributed by atoms with Gasteiger partial charge in [0, 0.05) is 19.0 Å². The molecule has 0 bridgehead atoms. The number of nitrogens with zero attached hydrogens (tertiary/aromatic N) is 3. The van der Waals surface area contributed by atoms with Crippen LogP contribution in [0.5, 0.6) is 0 Å². The summed E-state index contributed by atoms with van der Waals surface area (Å²) >= 11 is 0. The topological polar surface area (TPSA) is 42.7 Å². The first-order chi connectivity index (χ1) is 6.40. The zero-order chi connectivity index (χ0) is 9.10. The third-order valence-corrected chi connectivity index (χ3v) is 2.59. The largest absolute Gasteiger partial charge is 0.314 e. The quantitative estimate of drug-likeness (QED) is 0.740. The van der Waals surface area contributed by atoms with Crippen molar-refractivity contribution in [2.45, 2.75) is 38.8 Å². The predicted molar refractivity (Wildman–Crippen MR) is 50.4 cm³/mol. The van der Waals surface area contributed by atoms with Gasteiger partial charge < -0.3 is 5.32 Å². The molecule has 1 fully saturated rings. The summed E-state index contributed by atoms with van der Waals surface area (Å²) in [5.74, 6) is 1.11. The summed E-state index contributed by atoms with van der Waals surface area (Å²) in [6, 6.07) is 0.620. The Labute approximate surface area is 78.4 Å². The minimum atomic E-state index is 0.620. The van der Waals surface area contributed by atoms with Crippen LogP contribution in [0.2, 0.25) is 0 Å². The Balaban J connectivity index is 1.99. The standard InChI is InChI=1S/C9H16N4/c1-2-13-9(11-7-12-13)6-8-4-3-5-10-8/h7-8,10H,2-6H2,1H3. The molecule has 4 heteroatoms. The maximum absolute atomic E-state index is 4.26. The molecule has 1 aliphatic heterocycles. The number of hydrogen-bond acceptors (Lipinski definition) is 3. The van der Waals surface area contributed by atoms with Crippen LogP contribution >= 0.6 is 0 Å². The highest BCUT2D eigenvalue weighted by Crippen LogP contribution is 2.09. The molecule has 2 heterocycles. The molecular formula is C9H16N4. The summed E-state index contributed by atoms with van der Waals surface area (Å²) in [4.78, 5) is 4.26. The van der Waals surface area contributed by atoms with Crippen LogP contribution in [0.1, 0.15) is 25.6 Å². The monoisotopic (exact) mass is 180 g/mol. The summed E-state index contributed by atoms with van der Waals surface area (Å²) in [6.07, 6.45) is 5.24. The van der Waals surface area contributed by atoms with Gasteiger partial charge in [-0.05, 0) is 26.3 Å². The van der Waals surface area contributed by atoms with E-state index in [0.29, 0.717) is 6.04 Å². The van der Waals surface area contributed by atoms with E-state index in [2.05, 4.69) is 22.3 Å².